The van der Waals surface area contributed by atoms with Gasteiger partial charge in [-0.15, -0.1) is 0 Å². The van der Waals surface area contributed by atoms with E-state index >= 15 is 0 Å². The number of nitrogens with zero attached hydrogens (tertiary/aromatic N) is 3. The molecule has 6 heteroatoms. The highest BCUT2D eigenvalue weighted by molar-refractivity contribution is 5.99. The second-order valence-corrected chi connectivity index (χ2v) is 4.92. The molecule has 0 spiro atoms. The Morgan fingerprint density at radius 3 is 2.43 bits per heavy atom. The van der Waals surface area contributed by atoms with Crippen LogP contribution in [0.5, 0.6) is 0 Å². The first-order chi connectivity index (χ1) is 10.3. The van der Waals surface area contributed by atoms with Crippen LogP contribution in [0.4, 0.5) is 22.0 Å². The summed E-state index contributed by atoms with van der Waals surface area (Å²) >= 11 is 0. The monoisotopic (exact) mass is 283 g/mol. The minimum absolute atomic E-state index is 0.307. The number of hydrogen-bond donors (Lipinski definition) is 2. The van der Waals surface area contributed by atoms with Gasteiger partial charge in [-0.05, 0) is 37.1 Å². The maximum absolute atomic E-state index is 11.8. The average Bonchev–Trinajstić information content (AvgIpc) is 3.03. The van der Waals surface area contributed by atoms with Crippen LogP contribution in [0.3, 0.4) is 0 Å². The maximum atomic E-state index is 11.8. The first-order valence-corrected chi connectivity index (χ1v) is 7.00. The molecule has 6 nitrogen and oxygen atoms in total. The molecule has 1 saturated heterocycles. The van der Waals surface area contributed by atoms with E-state index in [9.17, 15) is 4.79 Å². The fourth-order valence-corrected chi connectivity index (χ4v) is 2.32. The van der Waals surface area contributed by atoms with Gasteiger partial charge in [-0.2, -0.15) is 0 Å². The van der Waals surface area contributed by atoms with Crippen LogP contribution in [0.2, 0.25) is 0 Å². The summed E-state index contributed by atoms with van der Waals surface area (Å²) in [5.41, 5.74) is 1.32. The summed E-state index contributed by atoms with van der Waals surface area (Å²) in [5.74, 6) is 0.964. The number of urea groups is 1. The summed E-state index contributed by atoms with van der Waals surface area (Å²) in [6.45, 7) is 2.11. The molecule has 1 aliphatic rings. The molecule has 0 unspecified atom stereocenters. The van der Waals surface area contributed by atoms with E-state index in [2.05, 4.69) is 25.5 Å². The number of carbonyl (C=O) groups is 1. The lowest BCUT2D eigenvalue weighted by Gasteiger charge is -2.16. The zero-order valence-corrected chi connectivity index (χ0v) is 11.6. The van der Waals surface area contributed by atoms with E-state index in [0.29, 0.717) is 11.4 Å². The summed E-state index contributed by atoms with van der Waals surface area (Å²) in [7, 11) is 0. The van der Waals surface area contributed by atoms with E-state index < -0.39 is 0 Å². The van der Waals surface area contributed by atoms with Gasteiger partial charge in [-0.3, -0.25) is 4.98 Å². The zero-order chi connectivity index (χ0) is 14.5. The Morgan fingerprint density at radius 2 is 1.81 bits per heavy atom. The van der Waals surface area contributed by atoms with Crippen LogP contribution in [-0.2, 0) is 0 Å². The Hall–Kier alpha value is -2.63. The van der Waals surface area contributed by atoms with E-state index in [4.69, 9.17) is 0 Å². The topological polar surface area (TPSA) is 70.2 Å². The van der Waals surface area contributed by atoms with Crippen molar-refractivity contribution in [3.8, 4) is 0 Å². The van der Waals surface area contributed by atoms with Gasteiger partial charge in [0.2, 0.25) is 0 Å². The molecule has 2 aromatic rings. The fourth-order valence-electron chi connectivity index (χ4n) is 2.32. The molecule has 0 atom stereocenters. The molecule has 108 valence electrons. The van der Waals surface area contributed by atoms with Crippen LogP contribution in [0.25, 0.3) is 0 Å². The van der Waals surface area contributed by atoms with Crippen LogP contribution in [0.1, 0.15) is 12.8 Å². The first kappa shape index (κ1) is 13.4. The molecule has 0 aliphatic carbocycles. The highest BCUT2D eigenvalue weighted by Crippen LogP contribution is 2.19. The van der Waals surface area contributed by atoms with Gasteiger partial charge < -0.3 is 15.5 Å². The summed E-state index contributed by atoms with van der Waals surface area (Å²) in [5, 5.41) is 5.46. The van der Waals surface area contributed by atoms with E-state index in [1.54, 1.807) is 30.7 Å². The van der Waals surface area contributed by atoms with Crippen molar-refractivity contribution in [2.45, 2.75) is 12.8 Å². The molecule has 2 aromatic heterocycles. The largest absolute Gasteiger partial charge is 0.357 e. The predicted molar refractivity (Wildman–Crippen MR) is 82.6 cm³/mol. The van der Waals surface area contributed by atoms with Gasteiger partial charge >= 0.3 is 6.03 Å². The number of nitrogens with one attached hydrogen (secondary N) is 2. The van der Waals surface area contributed by atoms with Crippen molar-refractivity contribution in [2.24, 2.45) is 0 Å². The SMILES string of the molecule is O=C(Nc1cccnc1)Nc1ccc(N2CCCC2)nc1. The van der Waals surface area contributed by atoms with Crippen LogP contribution in [-0.4, -0.2) is 29.1 Å². The summed E-state index contributed by atoms with van der Waals surface area (Å²) < 4.78 is 0. The van der Waals surface area contributed by atoms with E-state index in [1.165, 1.54) is 12.8 Å². The third-order valence-corrected chi connectivity index (χ3v) is 3.36. The summed E-state index contributed by atoms with van der Waals surface area (Å²) in [6.07, 6.45) is 7.36. The number of rotatable bonds is 3. The number of hydrogen-bond acceptors (Lipinski definition) is 4. The minimum Gasteiger partial charge on any atom is -0.357 e. The zero-order valence-electron chi connectivity index (χ0n) is 11.6. The fraction of sp³-hybridized carbons (Fsp3) is 0.267. The van der Waals surface area contributed by atoms with Crippen molar-refractivity contribution in [3.63, 3.8) is 0 Å². The van der Waals surface area contributed by atoms with Crippen LogP contribution >= 0.6 is 0 Å². The van der Waals surface area contributed by atoms with Crippen molar-refractivity contribution >= 4 is 23.2 Å². The molecule has 2 amide bonds. The molecule has 1 aliphatic heterocycles. The third-order valence-electron chi connectivity index (χ3n) is 3.36. The maximum Gasteiger partial charge on any atom is 0.323 e. The smallest absolute Gasteiger partial charge is 0.323 e. The highest BCUT2D eigenvalue weighted by Gasteiger charge is 2.13. The van der Waals surface area contributed by atoms with E-state index in [-0.39, 0.29) is 6.03 Å². The molecular weight excluding hydrogens is 266 g/mol. The molecule has 1 fully saturated rings. The van der Waals surface area contributed by atoms with Gasteiger partial charge in [0, 0.05) is 19.3 Å². The number of amides is 2. The van der Waals surface area contributed by atoms with E-state index in [0.717, 1.165) is 18.9 Å². The van der Waals surface area contributed by atoms with Crippen LogP contribution in [0.15, 0.2) is 42.9 Å². The first-order valence-electron chi connectivity index (χ1n) is 7.00. The molecule has 3 heterocycles. The van der Waals surface area contributed by atoms with Gasteiger partial charge in [-0.1, -0.05) is 0 Å². The van der Waals surface area contributed by atoms with Gasteiger partial charge in [0.05, 0.1) is 23.8 Å². The molecule has 0 aromatic carbocycles. The lowest BCUT2D eigenvalue weighted by molar-refractivity contribution is 0.262. The number of carbonyl (C=O) groups excluding carboxylic acids is 1. The number of pyridine rings is 2. The van der Waals surface area contributed by atoms with Gasteiger partial charge in [-0.25, -0.2) is 9.78 Å². The Kier molecular flexibility index (Phi) is 3.95. The molecule has 21 heavy (non-hydrogen) atoms. The summed E-state index contributed by atoms with van der Waals surface area (Å²) in [6, 6.07) is 7.04. The second kappa shape index (κ2) is 6.21. The van der Waals surface area contributed by atoms with Gasteiger partial charge in [0.1, 0.15) is 5.82 Å². The van der Waals surface area contributed by atoms with Gasteiger partial charge in [0.25, 0.3) is 0 Å². The molecule has 3 rings (SSSR count). The molecule has 0 bridgehead atoms. The van der Waals surface area contributed by atoms with Crippen molar-refractivity contribution in [1.29, 1.82) is 0 Å². The average molecular weight is 283 g/mol. The van der Waals surface area contributed by atoms with Crippen molar-refractivity contribution < 1.29 is 4.79 Å². The van der Waals surface area contributed by atoms with Crippen LogP contribution in [0, 0.1) is 0 Å². The summed E-state index contributed by atoms with van der Waals surface area (Å²) in [4.78, 5) is 22.4. The lowest BCUT2D eigenvalue weighted by Crippen LogP contribution is -2.21. The minimum atomic E-state index is -0.307. The predicted octanol–water partition coefficient (Wildman–Crippen LogP) is 2.72. The normalized spacial score (nSPS) is 14.0. The quantitative estimate of drug-likeness (QED) is 0.908. The Labute approximate surface area is 123 Å². The Balaban J connectivity index is 1.58. The highest BCUT2D eigenvalue weighted by atomic mass is 16.2. The molecule has 2 N–H and O–H groups in total. The Morgan fingerprint density at radius 1 is 1.05 bits per heavy atom. The standard InChI is InChI=1S/C15H17N5O/c21-15(18-12-4-3-7-16-10-12)19-13-5-6-14(17-11-13)20-8-1-2-9-20/h3-7,10-11H,1-2,8-9H2,(H2,18,19,21). The molecular formula is C15H17N5O. The van der Waals surface area contributed by atoms with E-state index in [1.807, 2.05) is 12.1 Å². The number of anilines is 3. The van der Waals surface area contributed by atoms with Crippen molar-refractivity contribution in [2.75, 3.05) is 28.6 Å². The Bertz CT molecular complexity index is 593. The third kappa shape index (κ3) is 3.47. The van der Waals surface area contributed by atoms with Crippen LogP contribution < -0.4 is 15.5 Å². The lowest BCUT2D eigenvalue weighted by atomic mass is 10.4. The number of aromatic nitrogens is 2. The van der Waals surface area contributed by atoms with Crippen molar-refractivity contribution in [3.05, 3.63) is 42.9 Å². The molecule has 0 radical (unpaired) electrons. The second-order valence-electron chi connectivity index (χ2n) is 4.92. The van der Waals surface area contributed by atoms with Gasteiger partial charge in [0.15, 0.2) is 0 Å². The molecule has 0 saturated carbocycles. The van der Waals surface area contributed by atoms with Crippen molar-refractivity contribution in [1.82, 2.24) is 9.97 Å².